The molecule has 0 aromatic heterocycles. The molecule has 0 aliphatic carbocycles. The minimum absolute atomic E-state index is 0.0153. The number of unbranched alkanes of at least 4 members (excludes halogenated alkanes) is 1. The van der Waals surface area contributed by atoms with Crippen molar-refractivity contribution in [2.75, 3.05) is 12.0 Å². The van der Waals surface area contributed by atoms with Crippen LogP contribution >= 0.6 is 11.8 Å². The Balaban J connectivity index is 3.80. The van der Waals surface area contributed by atoms with Gasteiger partial charge in [-0.1, -0.05) is 0 Å². The molecule has 2 N–H and O–H groups in total. The largest absolute Gasteiger partial charge is 0.481 e. The van der Waals surface area contributed by atoms with Crippen LogP contribution in [-0.4, -0.2) is 34.5 Å². The Labute approximate surface area is 108 Å². The number of rotatable bonds is 9. The average Bonchev–Trinajstić information content (AvgIpc) is 2.21. The van der Waals surface area contributed by atoms with Gasteiger partial charge in [0.2, 0.25) is 5.91 Å². The van der Waals surface area contributed by atoms with Crippen LogP contribution < -0.4 is 5.32 Å². The van der Waals surface area contributed by atoms with Crippen molar-refractivity contribution in [1.82, 2.24) is 5.32 Å². The highest BCUT2D eigenvalue weighted by Gasteiger charge is 2.20. The maximum absolute atomic E-state index is 11.6. The van der Waals surface area contributed by atoms with Gasteiger partial charge in [-0.3, -0.25) is 9.59 Å². The van der Waals surface area contributed by atoms with E-state index < -0.39 is 11.5 Å². The molecule has 0 heterocycles. The van der Waals surface area contributed by atoms with Gasteiger partial charge >= 0.3 is 5.97 Å². The zero-order valence-corrected chi connectivity index (χ0v) is 11.7. The van der Waals surface area contributed by atoms with Crippen LogP contribution in [0.1, 0.15) is 46.0 Å². The third kappa shape index (κ3) is 10.2. The molecule has 0 unspecified atom stereocenters. The average molecular weight is 261 g/mol. The highest BCUT2D eigenvalue weighted by atomic mass is 32.2. The van der Waals surface area contributed by atoms with Gasteiger partial charge in [-0.2, -0.15) is 11.8 Å². The van der Waals surface area contributed by atoms with Crippen LogP contribution in [0.2, 0.25) is 0 Å². The molecular formula is C12H23NO3S. The molecule has 0 bridgehead atoms. The second-order valence-corrected chi connectivity index (χ2v) is 5.76. The van der Waals surface area contributed by atoms with Gasteiger partial charge < -0.3 is 10.4 Å². The number of nitrogens with one attached hydrogen (secondary N) is 1. The molecule has 0 aromatic carbocycles. The summed E-state index contributed by atoms with van der Waals surface area (Å²) in [7, 11) is 0. The van der Waals surface area contributed by atoms with Crippen molar-refractivity contribution < 1.29 is 14.7 Å². The topological polar surface area (TPSA) is 66.4 Å². The van der Waals surface area contributed by atoms with Crippen molar-refractivity contribution in [3.8, 4) is 0 Å². The van der Waals surface area contributed by atoms with Crippen LogP contribution in [-0.2, 0) is 9.59 Å². The summed E-state index contributed by atoms with van der Waals surface area (Å²) in [6, 6.07) is 0. The van der Waals surface area contributed by atoms with Gasteiger partial charge in [-0.05, 0) is 45.1 Å². The van der Waals surface area contributed by atoms with E-state index in [0.717, 1.165) is 18.6 Å². The first-order valence-electron chi connectivity index (χ1n) is 5.89. The Hall–Kier alpha value is -0.710. The quantitative estimate of drug-likeness (QED) is 0.625. The summed E-state index contributed by atoms with van der Waals surface area (Å²) in [6.07, 6.45) is 5.05. The summed E-state index contributed by atoms with van der Waals surface area (Å²) in [4.78, 5) is 22.1. The number of thioether (sulfide) groups is 1. The second kappa shape index (κ2) is 8.39. The molecule has 0 fully saturated rings. The molecule has 0 saturated heterocycles. The molecule has 5 heteroatoms. The van der Waals surface area contributed by atoms with Gasteiger partial charge in [-0.15, -0.1) is 0 Å². The molecule has 0 spiro atoms. The van der Waals surface area contributed by atoms with E-state index in [4.69, 9.17) is 5.11 Å². The first-order chi connectivity index (χ1) is 7.87. The van der Waals surface area contributed by atoms with E-state index in [9.17, 15) is 9.59 Å². The van der Waals surface area contributed by atoms with Crippen LogP contribution in [0.15, 0.2) is 0 Å². The number of carbonyl (C=O) groups is 2. The Bertz CT molecular complexity index is 254. The Morgan fingerprint density at radius 1 is 1.24 bits per heavy atom. The molecule has 1 amide bonds. The number of amides is 1. The fraction of sp³-hybridized carbons (Fsp3) is 0.833. The maximum atomic E-state index is 11.6. The molecular weight excluding hydrogens is 238 g/mol. The fourth-order valence-electron chi connectivity index (χ4n) is 1.45. The summed E-state index contributed by atoms with van der Waals surface area (Å²) >= 11 is 1.78. The van der Waals surface area contributed by atoms with Crippen LogP contribution in [0, 0.1) is 0 Å². The highest BCUT2D eigenvalue weighted by molar-refractivity contribution is 7.98. The van der Waals surface area contributed by atoms with E-state index in [-0.39, 0.29) is 12.3 Å². The Kier molecular flexibility index (Phi) is 8.04. The van der Waals surface area contributed by atoms with Crippen LogP contribution in [0.5, 0.6) is 0 Å². The Morgan fingerprint density at radius 2 is 1.88 bits per heavy atom. The van der Waals surface area contributed by atoms with Crippen molar-refractivity contribution in [3.63, 3.8) is 0 Å². The number of carbonyl (C=O) groups excluding carboxylic acids is 1. The molecule has 0 rings (SSSR count). The van der Waals surface area contributed by atoms with Crippen molar-refractivity contribution in [2.24, 2.45) is 0 Å². The lowest BCUT2D eigenvalue weighted by atomic mass is 9.98. The number of carboxylic acid groups (broad SMARTS) is 1. The SMILES string of the molecule is CSCCCCC(=O)NC(C)(C)CCC(=O)O. The third-order valence-electron chi connectivity index (χ3n) is 2.44. The summed E-state index contributed by atoms with van der Waals surface area (Å²) in [5.41, 5.74) is -0.436. The van der Waals surface area contributed by atoms with E-state index in [1.807, 2.05) is 13.8 Å². The second-order valence-electron chi connectivity index (χ2n) is 4.78. The normalized spacial score (nSPS) is 11.2. The molecule has 4 nitrogen and oxygen atoms in total. The summed E-state index contributed by atoms with van der Waals surface area (Å²) in [5, 5.41) is 11.5. The first-order valence-corrected chi connectivity index (χ1v) is 7.28. The van der Waals surface area contributed by atoms with Gasteiger partial charge in [0, 0.05) is 18.4 Å². The van der Waals surface area contributed by atoms with Crippen LogP contribution in [0.3, 0.4) is 0 Å². The zero-order chi connectivity index (χ0) is 13.3. The predicted molar refractivity (Wildman–Crippen MR) is 71.3 cm³/mol. The van der Waals surface area contributed by atoms with Gasteiger partial charge in [0.25, 0.3) is 0 Å². The number of carboxylic acids is 1. The standard InChI is InChI=1S/C12H23NO3S/c1-12(2,8-7-11(15)16)13-10(14)6-4-5-9-17-3/h4-9H2,1-3H3,(H,13,14)(H,15,16). The zero-order valence-electron chi connectivity index (χ0n) is 10.9. The number of aliphatic carboxylic acids is 1. The van der Waals surface area contributed by atoms with Crippen molar-refractivity contribution in [2.45, 2.75) is 51.5 Å². The van der Waals surface area contributed by atoms with E-state index in [0.29, 0.717) is 12.8 Å². The molecule has 0 aliphatic heterocycles. The van der Waals surface area contributed by atoms with Crippen molar-refractivity contribution >= 4 is 23.6 Å². The van der Waals surface area contributed by atoms with E-state index in [2.05, 4.69) is 11.6 Å². The monoisotopic (exact) mass is 261 g/mol. The number of hydrogen-bond donors (Lipinski definition) is 2. The minimum Gasteiger partial charge on any atom is -0.481 e. The fourth-order valence-corrected chi connectivity index (χ4v) is 1.95. The van der Waals surface area contributed by atoms with Crippen molar-refractivity contribution in [3.05, 3.63) is 0 Å². The summed E-state index contributed by atoms with van der Waals surface area (Å²) < 4.78 is 0. The number of hydrogen-bond acceptors (Lipinski definition) is 3. The van der Waals surface area contributed by atoms with Crippen LogP contribution in [0.4, 0.5) is 0 Å². The minimum atomic E-state index is -0.827. The van der Waals surface area contributed by atoms with Crippen molar-refractivity contribution in [1.29, 1.82) is 0 Å². The summed E-state index contributed by atoms with van der Waals surface area (Å²) in [5.74, 6) is 0.268. The molecule has 0 saturated carbocycles. The lowest BCUT2D eigenvalue weighted by molar-refractivity contribution is -0.137. The molecule has 0 radical (unpaired) electrons. The smallest absolute Gasteiger partial charge is 0.303 e. The first kappa shape index (κ1) is 16.3. The van der Waals surface area contributed by atoms with Gasteiger partial charge in [-0.25, -0.2) is 0 Å². The third-order valence-corrected chi connectivity index (χ3v) is 3.14. The molecule has 0 aliphatic rings. The lowest BCUT2D eigenvalue weighted by Crippen LogP contribution is -2.43. The maximum Gasteiger partial charge on any atom is 0.303 e. The summed E-state index contributed by atoms with van der Waals surface area (Å²) in [6.45, 7) is 3.71. The molecule has 17 heavy (non-hydrogen) atoms. The van der Waals surface area contributed by atoms with Gasteiger partial charge in [0.05, 0.1) is 0 Å². The van der Waals surface area contributed by atoms with Gasteiger partial charge in [0.15, 0.2) is 0 Å². The lowest BCUT2D eigenvalue weighted by Gasteiger charge is -2.25. The Morgan fingerprint density at radius 3 is 2.41 bits per heavy atom. The van der Waals surface area contributed by atoms with Crippen LogP contribution in [0.25, 0.3) is 0 Å². The molecule has 100 valence electrons. The van der Waals surface area contributed by atoms with E-state index in [1.54, 1.807) is 11.8 Å². The molecule has 0 atom stereocenters. The predicted octanol–water partition coefficient (Wildman–Crippen LogP) is 2.28. The highest BCUT2D eigenvalue weighted by Crippen LogP contribution is 2.12. The van der Waals surface area contributed by atoms with E-state index >= 15 is 0 Å². The van der Waals surface area contributed by atoms with E-state index in [1.165, 1.54) is 0 Å². The molecule has 0 aromatic rings. The van der Waals surface area contributed by atoms with Gasteiger partial charge in [0.1, 0.15) is 0 Å².